The first-order valence-electron chi connectivity index (χ1n) is 9.26. The van der Waals surface area contributed by atoms with E-state index in [2.05, 4.69) is 4.98 Å². The number of carbonyl (C=O) groups is 2. The fourth-order valence-corrected chi connectivity index (χ4v) is 7.03. The van der Waals surface area contributed by atoms with Gasteiger partial charge in [0.1, 0.15) is 11.0 Å². The molecule has 0 spiro atoms. The molecule has 0 saturated carbocycles. The van der Waals surface area contributed by atoms with Gasteiger partial charge in [0.15, 0.2) is 0 Å². The molecule has 3 heterocycles. The van der Waals surface area contributed by atoms with E-state index in [4.69, 9.17) is 27.9 Å². The second-order valence-electron chi connectivity index (χ2n) is 7.10. The summed E-state index contributed by atoms with van der Waals surface area (Å²) >= 11 is 15.0. The number of amides is 2. The number of aromatic nitrogens is 1. The van der Waals surface area contributed by atoms with E-state index >= 15 is 0 Å². The number of thiazole rings is 1. The van der Waals surface area contributed by atoms with Crippen molar-refractivity contribution in [3.8, 4) is 5.75 Å². The third-order valence-electron chi connectivity index (χ3n) is 5.47. The topological polar surface area (TPSA) is 79.5 Å². The van der Waals surface area contributed by atoms with Gasteiger partial charge in [0.25, 0.3) is 0 Å². The summed E-state index contributed by atoms with van der Waals surface area (Å²) in [6.45, 7) is 0. The van der Waals surface area contributed by atoms with Crippen LogP contribution in [-0.4, -0.2) is 29.2 Å². The number of hydrogen-bond acceptors (Lipinski definition) is 6. The van der Waals surface area contributed by atoms with Crippen molar-refractivity contribution in [2.24, 2.45) is 5.92 Å². The Morgan fingerprint density at radius 2 is 1.77 bits per heavy atom. The summed E-state index contributed by atoms with van der Waals surface area (Å²) in [5, 5.41) is 0.569. The highest BCUT2D eigenvalue weighted by Gasteiger charge is 2.56. The molecule has 158 valence electrons. The minimum Gasteiger partial charge on any atom is -0.497 e. The minimum atomic E-state index is -0.713. The molecule has 1 fully saturated rings. The Balaban J connectivity index is 1.65. The van der Waals surface area contributed by atoms with Crippen LogP contribution in [0, 0.1) is 5.92 Å². The van der Waals surface area contributed by atoms with Gasteiger partial charge in [-0.05, 0) is 35.9 Å². The van der Waals surface area contributed by atoms with Crippen LogP contribution in [0.1, 0.15) is 16.4 Å². The molecule has 5 rings (SSSR count). The predicted octanol–water partition coefficient (Wildman–Crippen LogP) is 4.55. The molecule has 10 heteroatoms. The number of benzene rings is 2. The SMILES string of the molecule is COc1ccc(N2C(=O)C3Sc4[nH]c(=O)sc4C(c4cccc(Cl)c4Cl)C3C2=O)cc1. The normalized spacial score (nSPS) is 22.4. The van der Waals surface area contributed by atoms with Gasteiger partial charge >= 0.3 is 4.87 Å². The maximum atomic E-state index is 13.6. The van der Waals surface area contributed by atoms with Crippen LogP contribution in [0.15, 0.2) is 52.3 Å². The fraction of sp³-hybridized carbons (Fsp3) is 0.190. The molecule has 1 N–H and O–H groups in total. The lowest BCUT2D eigenvalue weighted by molar-refractivity contribution is -0.122. The van der Waals surface area contributed by atoms with Crippen molar-refractivity contribution in [1.29, 1.82) is 0 Å². The van der Waals surface area contributed by atoms with Crippen molar-refractivity contribution in [3.63, 3.8) is 0 Å². The van der Waals surface area contributed by atoms with Gasteiger partial charge < -0.3 is 9.72 Å². The molecule has 1 saturated heterocycles. The Morgan fingerprint density at radius 3 is 2.48 bits per heavy atom. The van der Waals surface area contributed by atoms with Crippen LogP contribution in [0.2, 0.25) is 10.0 Å². The van der Waals surface area contributed by atoms with Crippen molar-refractivity contribution < 1.29 is 14.3 Å². The van der Waals surface area contributed by atoms with Crippen LogP contribution >= 0.6 is 46.3 Å². The van der Waals surface area contributed by atoms with Gasteiger partial charge in [-0.2, -0.15) is 0 Å². The number of aromatic amines is 1. The van der Waals surface area contributed by atoms with Crippen LogP contribution < -0.4 is 14.5 Å². The van der Waals surface area contributed by atoms with Crippen LogP contribution in [0.3, 0.4) is 0 Å². The third-order valence-corrected chi connectivity index (χ3v) is 8.71. The summed E-state index contributed by atoms with van der Waals surface area (Å²) in [5.74, 6) is -1.31. The smallest absolute Gasteiger partial charge is 0.305 e. The molecule has 3 atom stereocenters. The zero-order chi connectivity index (χ0) is 21.9. The van der Waals surface area contributed by atoms with Crippen molar-refractivity contribution in [3.05, 3.63) is 72.6 Å². The summed E-state index contributed by atoms with van der Waals surface area (Å²) in [6.07, 6.45) is 0. The number of nitrogens with zero attached hydrogens (tertiary/aromatic N) is 1. The number of imide groups is 1. The second-order valence-corrected chi connectivity index (χ2v) is 10.1. The number of carbonyl (C=O) groups excluding carboxylic acids is 2. The van der Waals surface area contributed by atoms with Gasteiger partial charge in [0, 0.05) is 10.8 Å². The lowest BCUT2D eigenvalue weighted by Crippen LogP contribution is -2.32. The van der Waals surface area contributed by atoms with Gasteiger partial charge in [-0.3, -0.25) is 14.4 Å². The molecule has 2 amide bonds. The molecular formula is C21H14Cl2N2O4S2. The molecule has 2 aliphatic rings. The third kappa shape index (κ3) is 3.20. The number of anilines is 1. The quantitative estimate of drug-likeness (QED) is 0.542. The van der Waals surface area contributed by atoms with E-state index in [0.29, 0.717) is 36.9 Å². The lowest BCUT2D eigenvalue weighted by atomic mass is 9.83. The Kier molecular flexibility index (Phi) is 5.13. The Labute approximate surface area is 195 Å². The van der Waals surface area contributed by atoms with E-state index in [-0.39, 0.29) is 16.7 Å². The van der Waals surface area contributed by atoms with E-state index < -0.39 is 17.1 Å². The van der Waals surface area contributed by atoms with Crippen LogP contribution in [0.5, 0.6) is 5.75 Å². The number of thioether (sulfide) groups is 1. The Morgan fingerprint density at radius 1 is 1.03 bits per heavy atom. The molecule has 0 radical (unpaired) electrons. The number of H-pyrrole nitrogens is 1. The zero-order valence-electron chi connectivity index (χ0n) is 15.9. The van der Waals surface area contributed by atoms with Gasteiger partial charge in [-0.1, -0.05) is 58.4 Å². The molecule has 3 unspecified atom stereocenters. The summed E-state index contributed by atoms with van der Waals surface area (Å²) < 4.78 is 5.17. The van der Waals surface area contributed by atoms with Crippen LogP contribution in [0.25, 0.3) is 0 Å². The van der Waals surface area contributed by atoms with E-state index in [9.17, 15) is 14.4 Å². The number of hydrogen-bond donors (Lipinski definition) is 1. The van der Waals surface area contributed by atoms with Crippen molar-refractivity contribution in [1.82, 2.24) is 4.98 Å². The van der Waals surface area contributed by atoms with Gasteiger partial charge in [-0.25, -0.2) is 4.90 Å². The highest BCUT2D eigenvalue weighted by molar-refractivity contribution is 8.00. The molecular weight excluding hydrogens is 479 g/mol. The van der Waals surface area contributed by atoms with Crippen LogP contribution in [-0.2, 0) is 9.59 Å². The molecule has 3 aromatic rings. The molecule has 2 aliphatic heterocycles. The summed E-state index contributed by atoms with van der Waals surface area (Å²) in [5.41, 5.74) is 1.09. The molecule has 1 aromatic heterocycles. The molecule has 2 aromatic carbocycles. The highest BCUT2D eigenvalue weighted by Crippen LogP contribution is 2.54. The fourth-order valence-electron chi connectivity index (χ4n) is 4.10. The lowest BCUT2D eigenvalue weighted by Gasteiger charge is -2.30. The highest BCUT2D eigenvalue weighted by atomic mass is 35.5. The van der Waals surface area contributed by atoms with Crippen LogP contribution in [0.4, 0.5) is 5.69 Å². The first-order chi connectivity index (χ1) is 14.9. The van der Waals surface area contributed by atoms with Gasteiger partial charge in [-0.15, -0.1) is 0 Å². The van der Waals surface area contributed by atoms with Gasteiger partial charge in [0.2, 0.25) is 11.8 Å². The van der Waals surface area contributed by atoms with E-state index in [1.165, 1.54) is 16.7 Å². The average molecular weight is 493 g/mol. The summed E-state index contributed by atoms with van der Waals surface area (Å²) in [6, 6.07) is 11.9. The number of ether oxygens (including phenoxy) is 1. The summed E-state index contributed by atoms with van der Waals surface area (Å²) in [4.78, 5) is 43.5. The van der Waals surface area contributed by atoms with Crippen molar-refractivity contribution in [2.45, 2.75) is 16.2 Å². The number of methoxy groups -OCH3 is 1. The second kappa shape index (κ2) is 7.70. The zero-order valence-corrected chi connectivity index (χ0v) is 19.1. The van der Waals surface area contributed by atoms with E-state index in [1.807, 2.05) is 0 Å². The predicted molar refractivity (Wildman–Crippen MR) is 122 cm³/mol. The van der Waals surface area contributed by atoms with E-state index in [0.717, 1.165) is 11.3 Å². The first-order valence-corrected chi connectivity index (χ1v) is 11.7. The molecule has 0 bridgehead atoms. The molecule has 31 heavy (non-hydrogen) atoms. The van der Waals surface area contributed by atoms with Crippen molar-refractivity contribution >= 4 is 63.8 Å². The maximum Gasteiger partial charge on any atom is 0.305 e. The van der Waals surface area contributed by atoms with Crippen molar-refractivity contribution in [2.75, 3.05) is 12.0 Å². The maximum absolute atomic E-state index is 13.6. The molecule has 0 aliphatic carbocycles. The Bertz CT molecular complexity index is 1270. The standard InChI is InChI=1S/C21H14Cl2N2O4S2/c1-29-10-7-5-9(6-8-10)25-19(26)14-13(11-3-2-4-12(22)15(11)23)16-18(24-21(28)31-16)30-17(14)20(25)27/h2-8,13-14,17H,1H3,(H,24,28). The average Bonchev–Trinajstić information content (AvgIpc) is 3.25. The number of fused-ring (bicyclic) bond motifs is 2. The first kappa shape index (κ1) is 20.6. The molecule has 6 nitrogen and oxygen atoms in total. The van der Waals surface area contributed by atoms with E-state index in [1.54, 1.807) is 49.6 Å². The number of rotatable bonds is 3. The monoisotopic (exact) mass is 492 g/mol. The number of nitrogens with one attached hydrogen (secondary N) is 1. The summed E-state index contributed by atoms with van der Waals surface area (Å²) in [7, 11) is 1.55. The minimum absolute atomic E-state index is 0.243. The Hall–Kier alpha value is -2.26. The largest absolute Gasteiger partial charge is 0.497 e. The number of halogens is 2. The van der Waals surface area contributed by atoms with Gasteiger partial charge in [0.05, 0.1) is 33.8 Å².